The lowest BCUT2D eigenvalue weighted by Crippen LogP contribution is -2.45. The molecular weight excluding hydrogens is 542 g/mol. The SMILES string of the molecule is Cc1ccc(N2C(=O)[C@@H]3[C@H](C2=O)[C@@]2(c4ccccc4)C(=O)[C@]3(c3ccccc3)c3c2c2ccccc2c2ccccc32)cc1. The summed E-state index contributed by atoms with van der Waals surface area (Å²) in [7, 11) is 0. The van der Waals surface area contributed by atoms with Crippen LogP contribution in [0.5, 0.6) is 0 Å². The molecule has 0 radical (unpaired) electrons. The maximum atomic E-state index is 15.8. The second-order valence-electron chi connectivity index (χ2n) is 12.3. The lowest BCUT2D eigenvalue weighted by molar-refractivity contribution is -0.130. The summed E-state index contributed by atoms with van der Waals surface area (Å²) in [5.74, 6) is -2.52. The number of rotatable bonds is 3. The first kappa shape index (κ1) is 25.2. The number of imide groups is 1. The number of hydrogen-bond acceptors (Lipinski definition) is 3. The maximum Gasteiger partial charge on any atom is 0.239 e. The molecule has 0 aromatic heterocycles. The first-order valence-corrected chi connectivity index (χ1v) is 15.1. The quantitative estimate of drug-likeness (QED) is 0.166. The van der Waals surface area contributed by atoms with Gasteiger partial charge in [0.05, 0.1) is 28.4 Å². The van der Waals surface area contributed by atoms with Gasteiger partial charge in [0, 0.05) is 0 Å². The fourth-order valence-electron chi connectivity index (χ4n) is 8.89. The van der Waals surface area contributed by atoms with Crippen molar-refractivity contribution in [3.63, 3.8) is 0 Å². The second kappa shape index (κ2) is 8.61. The third-order valence-corrected chi connectivity index (χ3v) is 10.4. The summed E-state index contributed by atoms with van der Waals surface area (Å²) < 4.78 is 0. The number of carbonyl (C=O) groups is 3. The van der Waals surface area contributed by atoms with Crippen LogP contribution in [0.3, 0.4) is 0 Å². The highest BCUT2D eigenvalue weighted by atomic mass is 16.2. The number of carbonyl (C=O) groups excluding carboxylic acids is 3. The molecule has 4 nitrogen and oxygen atoms in total. The van der Waals surface area contributed by atoms with Crippen molar-refractivity contribution in [3.05, 3.63) is 161 Å². The Kier molecular flexibility index (Phi) is 4.93. The van der Waals surface area contributed by atoms with Crippen LogP contribution in [0.25, 0.3) is 21.5 Å². The summed E-state index contributed by atoms with van der Waals surface area (Å²) in [6.07, 6.45) is 0. The third-order valence-electron chi connectivity index (χ3n) is 10.4. The van der Waals surface area contributed by atoms with Crippen molar-refractivity contribution in [2.75, 3.05) is 4.90 Å². The van der Waals surface area contributed by atoms with Gasteiger partial charge in [-0.1, -0.05) is 127 Å². The molecule has 2 amide bonds. The predicted molar refractivity (Wildman–Crippen MR) is 172 cm³/mol. The van der Waals surface area contributed by atoms with E-state index in [-0.39, 0.29) is 17.6 Å². The number of hydrogen-bond donors (Lipinski definition) is 0. The van der Waals surface area contributed by atoms with E-state index in [2.05, 4.69) is 24.3 Å². The smallest absolute Gasteiger partial charge is 0.239 e. The van der Waals surface area contributed by atoms with Crippen molar-refractivity contribution in [2.45, 2.75) is 17.8 Å². The Morgan fingerprint density at radius 2 is 0.864 bits per heavy atom. The third kappa shape index (κ3) is 2.73. The van der Waals surface area contributed by atoms with Crippen molar-refractivity contribution in [1.29, 1.82) is 0 Å². The average Bonchev–Trinajstić information content (AvgIpc) is 3.58. The zero-order valence-corrected chi connectivity index (χ0v) is 24.0. The molecule has 0 spiro atoms. The van der Waals surface area contributed by atoms with Crippen molar-refractivity contribution in [3.8, 4) is 0 Å². The van der Waals surface area contributed by atoms with E-state index in [4.69, 9.17) is 0 Å². The topological polar surface area (TPSA) is 54.5 Å². The van der Waals surface area contributed by atoms with Crippen molar-refractivity contribution >= 4 is 44.8 Å². The van der Waals surface area contributed by atoms with E-state index in [0.717, 1.165) is 49.4 Å². The molecule has 0 N–H and O–H groups in total. The Morgan fingerprint density at radius 1 is 0.477 bits per heavy atom. The molecule has 1 saturated carbocycles. The minimum atomic E-state index is -1.35. The van der Waals surface area contributed by atoms with E-state index in [9.17, 15) is 9.59 Å². The fourth-order valence-corrected chi connectivity index (χ4v) is 8.89. The molecule has 44 heavy (non-hydrogen) atoms. The highest BCUT2D eigenvalue weighted by molar-refractivity contribution is 6.34. The molecule has 6 aromatic carbocycles. The van der Waals surface area contributed by atoms with Crippen LogP contribution in [-0.2, 0) is 25.2 Å². The largest absolute Gasteiger partial charge is 0.297 e. The summed E-state index contributed by atoms with van der Waals surface area (Å²) in [6.45, 7) is 1.98. The molecule has 1 heterocycles. The lowest BCUT2D eigenvalue weighted by atomic mass is 9.59. The van der Waals surface area contributed by atoms with E-state index in [0.29, 0.717) is 5.69 Å². The summed E-state index contributed by atoms with van der Waals surface area (Å²) >= 11 is 0. The number of aryl methyl sites for hydroxylation is 1. The highest BCUT2D eigenvalue weighted by Gasteiger charge is 2.82. The Morgan fingerprint density at radius 3 is 1.30 bits per heavy atom. The summed E-state index contributed by atoms with van der Waals surface area (Å²) in [5, 5.41) is 3.96. The number of anilines is 1. The van der Waals surface area contributed by atoms with Gasteiger partial charge in [-0.15, -0.1) is 0 Å². The molecule has 1 saturated heterocycles. The maximum absolute atomic E-state index is 15.8. The molecule has 0 unspecified atom stereocenters. The monoisotopic (exact) mass is 569 g/mol. The Hall–Kier alpha value is -5.35. The molecule has 4 heteroatoms. The van der Waals surface area contributed by atoms with Crippen LogP contribution in [0, 0.1) is 18.8 Å². The van der Waals surface area contributed by atoms with Crippen LogP contribution in [0.1, 0.15) is 27.8 Å². The van der Waals surface area contributed by atoms with E-state index >= 15 is 4.79 Å². The highest BCUT2D eigenvalue weighted by Crippen LogP contribution is 2.72. The molecule has 3 aliphatic rings. The van der Waals surface area contributed by atoms with Gasteiger partial charge in [0.1, 0.15) is 0 Å². The lowest BCUT2D eigenvalue weighted by Gasteiger charge is -2.38. The van der Waals surface area contributed by atoms with Crippen LogP contribution in [0.2, 0.25) is 0 Å². The van der Waals surface area contributed by atoms with E-state index < -0.39 is 22.7 Å². The normalized spacial score (nSPS) is 25.2. The molecule has 2 bridgehead atoms. The first-order chi connectivity index (χ1) is 21.5. The minimum absolute atomic E-state index is 0.0841. The molecule has 210 valence electrons. The number of ketones is 1. The van der Waals surface area contributed by atoms with Gasteiger partial charge in [-0.3, -0.25) is 14.4 Å². The summed E-state index contributed by atoms with van der Waals surface area (Å²) in [4.78, 5) is 47.0. The molecular formula is C40H27NO3. The number of Topliss-reactive ketones (excluding diaryl/α,β-unsaturated/α-hetero) is 1. The number of nitrogens with zero attached hydrogens (tertiary/aromatic N) is 1. The molecule has 2 aliphatic carbocycles. The van der Waals surface area contributed by atoms with Gasteiger partial charge in [-0.2, -0.15) is 0 Å². The van der Waals surface area contributed by atoms with Crippen LogP contribution in [-0.4, -0.2) is 17.6 Å². The molecule has 9 rings (SSSR count). The van der Waals surface area contributed by atoms with Gasteiger partial charge >= 0.3 is 0 Å². The Bertz CT molecular complexity index is 2070. The molecule has 6 aromatic rings. The Labute approximate surface area is 254 Å². The molecule has 1 aliphatic heterocycles. The van der Waals surface area contributed by atoms with Gasteiger partial charge < -0.3 is 0 Å². The minimum Gasteiger partial charge on any atom is -0.297 e. The second-order valence-corrected chi connectivity index (χ2v) is 12.3. The summed E-state index contributed by atoms with van der Waals surface area (Å²) in [6, 6.07) is 43.3. The van der Waals surface area contributed by atoms with Crippen molar-refractivity contribution in [1.82, 2.24) is 0 Å². The van der Waals surface area contributed by atoms with Gasteiger partial charge in [-0.25, -0.2) is 4.90 Å². The van der Waals surface area contributed by atoms with Gasteiger partial charge in [-0.05, 0) is 62.9 Å². The van der Waals surface area contributed by atoms with E-state index in [1.165, 1.54) is 4.90 Å². The van der Waals surface area contributed by atoms with Crippen LogP contribution < -0.4 is 4.90 Å². The summed E-state index contributed by atoms with van der Waals surface area (Å²) in [5.41, 5.74) is 2.10. The van der Waals surface area contributed by atoms with Gasteiger partial charge in [0.15, 0.2) is 5.78 Å². The Balaban J connectivity index is 1.51. The zero-order chi connectivity index (χ0) is 29.8. The van der Waals surface area contributed by atoms with E-state index in [1.54, 1.807) is 0 Å². The number of amides is 2. The first-order valence-electron chi connectivity index (χ1n) is 15.1. The van der Waals surface area contributed by atoms with Crippen LogP contribution in [0.15, 0.2) is 133 Å². The zero-order valence-electron chi connectivity index (χ0n) is 24.0. The average molecular weight is 570 g/mol. The predicted octanol–water partition coefficient (Wildman–Crippen LogP) is 7.28. The van der Waals surface area contributed by atoms with Gasteiger partial charge in [0.2, 0.25) is 11.8 Å². The van der Waals surface area contributed by atoms with Crippen LogP contribution in [0.4, 0.5) is 5.69 Å². The number of fused-ring (bicyclic) bond motifs is 13. The fraction of sp³-hybridized carbons (Fsp3) is 0.125. The van der Waals surface area contributed by atoms with Gasteiger partial charge in [0.25, 0.3) is 0 Å². The molecule has 2 fully saturated rings. The standard InChI is InChI=1S/C40H27NO3/c1-24-20-22-27(23-21-24)41-36(42)34-35(37(41)43)40(26-14-6-3-7-15-26)33-31-19-11-9-17-29(31)28-16-8-10-18-30(28)32(33)39(34,38(40)44)25-12-4-2-5-13-25/h2-23,34-35H,1H3/t34-,35+,39+,40-. The van der Waals surface area contributed by atoms with Crippen LogP contribution >= 0.6 is 0 Å². The molecule has 4 atom stereocenters. The van der Waals surface area contributed by atoms with Crippen molar-refractivity contribution < 1.29 is 14.4 Å². The van der Waals surface area contributed by atoms with E-state index in [1.807, 2.05) is 116 Å². The number of benzene rings is 6. The van der Waals surface area contributed by atoms with Crippen molar-refractivity contribution in [2.24, 2.45) is 11.8 Å².